The van der Waals surface area contributed by atoms with Crippen molar-refractivity contribution in [3.63, 3.8) is 0 Å². The fourth-order valence-corrected chi connectivity index (χ4v) is 5.98. The molecule has 4 aliphatic rings. The third-order valence-electron chi connectivity index (χ3n) is 6.67. The number of nitrogens with one attached hydrogen (secondary N) is 1. The Morgan fingerprint density at radius 2 is 1.90 bits per heavy atom. The van der Waals surface area contributed by atoms with E-state index in [0.29, 0.717) is 31.1 Å². The number of sulfonamides is 1. The number of hydrogen-bond acceptors (Lipinski definition) is 6. The summed E-state index contributed by atoms with van der Waals surface area (Å²) in [6.07, 6.45) is 5.22. The van der Waals surface area contributed by atoms with E-state index in [2.05, 4.69) is 4.72 Å². The van der Waals surface area contributed by atoms with E-state index >= 15 is 0 Å². The first-order chi connectivity index (χ1) is 14.9. The molecule has 0 aromatic heterocycles. The van der Waals surface area contributed by atoms with Gasteiger partial charge in [0.05, 0.1) is 31.6 Å². The molecule has 2 bridgehead atoms. The Morgan fingerprint density at radius 3 is 2.61 bits per heavy atom. The molecule has 3 atom stereocenters. The second-order valence-electron chi connectivity index (χ2n) is 8.87. The molecule has 1 aromatic rings. The van der Waals surface area contributed by atoms with Gasteiger partial charge in [0.15, 0.2) is 6.10 Å². The minimum atomic E-state index is -3.44. The lowest BCUT2D eigenvalue weighted by Gasteiger charge is -2.42. The van der Waals surface area contributed by atoms with E-state index in [1.165, 1.54) is 0 Å². The molecule has 1 saturated carbocycles. The highest BCUT2D eigenvalue weighted by Gasteiger charge is 2.40. The van der Waals surface area contributed by atoms with E-state index < -0.39 is 34.8 Å². The number of hydrogen-bond donors (Lipinski definition) is 2. The van der Waals surface area contributed by atoms with Crippen molar-refractivity contribution >= 4 is 15.9 Å². The topological polar surface area (TPSA) is 105 Å². The second kappa shape index (κ2) is 9.44. The van der Waals surface area contributed by atoms with Crippen molar-refractivity contribution in [3.8, 4) is 5.75 Å². The Bertz CT molecular complexity index is 884. The number of ether oxygens (including phenoxy) is 2. The lowest BCUT2D eigenvalue weighted by Crippen LogP contribution is -2.61. The Kier molecular flexibility index (Phi) is 6.86. The van der Waals surface area contributed by atoms with Gasteiger partial charge < -0.3 is 19.5 Å². The van der Waals surface area contributed by atoms with Crippen LogP contribution in [0.4, 0.5) is 0 Å². The van der Waals surface area contributed by atoms with Gasteiger partial charge in [-0.05, 0) is 56.1 Å². The molecule has 0 unspecified atom stereocenters. The SMILES string of the molecule is CS(=O)(=O)N[C@H]1CCCN2C(=O)[C@@H](CO)Oc3ccccc3[C@H]3CC[C@H](CC3)OC[C@@H]12. The number of nitrogens with zero attached hydrogens (tertiary/aromatic N) is 1. The van der Waals surface area contributed by atoms with Gasteiger partial charge in [-0.25, -0.2) is 13.1 Å². The Hall–Kier alpha value is -1.68. The van der Waals surface area contributed by atoms with E-state index in [1.807, 2.05) is 24.3 Å². The summed E-state index contributed by atoms with van der Waals surface area (Å²) in [5.74, 6) is 0.629. The predicted molar refractivity (Wildman–Crippen MR) is 115 cm³/mol. The molecule has 3 heterocycles. The van der Waals surface area contributed by atoms with Crippen LogP contribution in [-0.2, 0) is 19.6 Å². The van der Waals surface area contributed by atoms with E-state index in [1.54, 1.807) is 4.90 Å². The normalized spacial score (nSPS) is 32.1. The van der Waals surface area contributed by atoms with Gasteiger partial charge in [-0.1, -0.05) is 18.2 Å². The Morgan fingerprint density at radius 1 is 1.16 bits per heavy atom. The molecule has 1 saturated heterocycles. The summed E-state index contributed by atoms with van der Waals surface area (Å²) < 4.78 is 38.9. The summed E-state index contributed by atoms with van der Waals surface area (Å²) >= 11 is 0. The van der Waals surface area contributed by atoms with Gasteiger partial charge in [0.25, 0.3) is 5.91 Å². The van der Waals surface area contributed by atoms with Crippen LogP contribution >= 0.6 is 0 Å². The zero-order chi connectivity index (χ0) is 22.0. The number of rotatable bonds is 3. The Balaban J connectivity index is 1.68. The van der Waals surface area contributed by atoms with Crippen molar-refractivity contribution in [2.75, 3.05) is 26.0 Å². The average Bonchev–Trinajstić information content (AvgIpc) is 2.76. The van der Waals surface area contributed by atoms with E-state index in [9.17, 15) is 18.3 Å². The van der Waals surface area contributed by atoms with Gasteiger partial charge in [-0.2, -0.15) is 0 Å². The molecule has 1 amide bonds. The summed E-state index contributed by atoms with van der Waals surface area (Å²) in [5.41, 5.74) is 1.07. The highest BCUT2D eigenvalue weighted by molar-refractivity contribution is 7.88. The first kappa shape index (κ1) is 22.5. The molecule has 3 aliphatic heterocycles. The van der Waals surface area contributed by atoms with Crippen molar-refractivity contribution in [2.45, 2.75) is 68.7 Å². The number of amides is 1. The fourth-order valence-electron chi connectivity index (χ4n) is 5.15. The van der Waals surface area contributed by atoms with Crippen LogP contribution in [0.5, 0.6) is 5.75 Å². The monoisotopic (exact) mass is 452 g/mol. The predicted octanol–water partition coefficient (Wildman–Crippen LogP) is 1.39. The van der Waals surface area contributed by atoms with E-state index in [-0.39, 0.29) is 18.6 Å². The maximum absolute atomic E-state index is 13.4. The zero-order valence-corrected chi connectivity index (χ0v) is 18.7. The fraction of sp³-hybridized carbons (Fsp3) is 0.682. The third kappa shape index (κ3) is 5.22. The maximum Gasteiger partial charge on any atom is 0.266 e. The number of carbonyl (C=O) groups is 1. The standard InChI is InChI=1S/C22H32N2O6S/c1-31(27,28)23-18-6-4-12-24-19(18)14-29-16-10-8-15(9-11-16)17-5-2-3-7-20(17)30-21(13-25)22(24)26/h2-3,5,7,15-16,18-19,21,23,25H,4,6,8-14H2,1H3/t15-,16+,18-,19-,21+/m0/s1. The maximum atomic E-state index is 13.4. The third-order valence-corrected chi connectivity index (χ3v) is 7.40. The van der Waals surface area contributed by atoms with Crippen molar-refractivity contribution in [1.29, 1.82) is 0 Å². The molecule has 172 valence electrons. The highest BCUT2D eigenvalue weighted by Crippen LogP contribution is 2.39. The zero-order valence-electron chi connectivity index (χ0n) is 17.9. The molecule has 5 rings (SSSR count). The lowest BCUT2D eigenvalue weighted by atomic mass is 9.82. The quantitative estimate of drug-likeness (QED) is 0.718. The van der Waals surface area contributed by atoms with Gasteiger partial charge >= 0.3 is 0 Å². The Labute approximate surface area is 184 Å². The number of para-hydroxylation sites is 1. The van der Waals surface area contributed by atoms with Crippen molar-refractivity contribution in [1.82, 2.24) is 9.62 Å². The van der Waals surface area contributed by atoms with Crippen LogP contribution in [0.25, 0.3) is 0 Å². The first-order valence-corrected chi connectivity index (χ1v) is 13.0. The van der Waals surface area contributed by atoms with Crippen molar-refractivity contribution in [3.05, 3.63) is 29.8 Å². The molecule has 31 heavy (non-hydrogen) atoms. The van der Waals surface area contributed by atoms with Gasteiger partial charge in [0.1, 0.15) is 5.75 Å². The number of aliphatic hydroxyl groups is 1. The van der Waals surface area contributed by atoms with Crippen molar-refractivity contribution in [2.24, 2.45) is 0 Å². The van der Waals surface area contributed by atoms with Crippen LogP contribution in [-0.4, -0.2) is 74.6 Å². The number of piperidine rings is 1. The smallest absolute Gasteiger partial charge is 0.266 e. The lowest BCUT2D eigenvalue weighted by molar-refractivity contribution is -0.147. The first-order valence-electron chi connectivity index (χ1n) is 11.1. The molecular formula is C22H32N2O6S. The van der Waals surface area contributed by atoms with Crippen LogP contribution in [0.2, 0.25) is 0 Å². The molecule has 1 aliphatic carbocycles. The van der Waals surface area contributed by atoms with Gasteiger partial charge in [-0.15, -0.1) is 0 Å². The number of benzene rings is 1. The van der Waals surface area contributed by atoms with Crippen LogP contribution < -0.4 is 9.46 Å². The molecule has 0 spiro atoms. The largest absolute Gasteiger partial charge is 0.478 e. The minimum Gasteiger partial charge on any atom is -0.478 e. The molecule has 9 heteroatoms. The molecular weight excluding hydrogens is 420 g/mol. The van der Waals surface area contributed by atoms with E-state index in [4.69, 9.17) is 9.47 Å². The second-order valence-corrected chi connectivity index (χ2v) is 10.7. The highest BCUT2D eigenvalue weighted by atomic mass is 32.2. The summed E-state index contributed by atoms with van der Waals surface area (Å²) in [4.78, 5) is 15.1. The summed E-state index contributed by atoms with van der Waals surface area (Å²) in [6, 6.07) is 6.87. The number of fused-ring (bicyclic) bond motifs is 5. The number of carbonyl (C=O) groups excluding carboxylic acids is 1. The average molecular weight is 453 g/mol. The van der Waals surface area contributed by atoms with Crippen LogP contribution in [0.1, 0.15) is 50.0 Å². The van der Waals surface area contributed by atoms with Gasteiger partial charge in [-0.3, -0.25) is 4.79 Å². The molecule has 1 aromatic carbocycles. The van der Waals surface area contributed by atoms with Gasteiger partial charge in [0, 0.05) is 12.6 Å². The summed E-state index contributed by atoms with van der Waals surface area (Å²) in [7, 11) is -3.44. The molecule has 8 nitrogen and oxygen atoms in total. The molecule has 0 radical (unpaired) electrons. The van der Waals surface area contributed by atoms with Crippen LogP contribution in [0.15, 0.2) is 24.3 Å². The number of aliphatic hydroxyl groups excluding tert-OH is 1. The summed E-state index contributed by atoms with van der Waals surface area (Å²) in [5, 5.41) is 10.0. The summed E-state index contributed by atoms with van der Waals surface area (Å²) in [6.45, 7) is 0.289. The molecule has 2 fully saturated rings. The van der Waals surface area contributed by atoms with Crippen molar-refractivity contribution < 1.29 is 27.8 Å². The van der Waals surface area contributed by atoms with E-state index in [0.717, 1.165) is 37.5 Å². The minimum absolute atomic E-state index is 0.0940. The molecule has 2 N–H and O–H groups in total. The van der Waals surface area contributed by atoms with Crippen LogP contribution in [0.3, 0.4) is 0 Å². The van der Waals surface area contributed by atoms with Crippen LogP contribution in [0, 0.1) is 0 Å². The van der Waals surface area contributed by atoms with Gasteiger partial charge in [0.2, 0.25) is 10.0 Å².